The molecular weight excluding hydrogens is 381 g/mol. The molecule has 1 amide bonds. The number of hydrogen-bond acceptors (Lipinski definition) is 6. The van der Waals surface area contributed by atoms with Crippen LogP contribution < -0.4 is 21.2 Å². The molecular formula is C18H18BN3O5S. The van der Waals surface area contributed by atoms with Gasteiger partial charge in [-0.15, -0.1) is 6.42 Å². The lowest BCUT2D eigenvalue weighted by molar-refractivity contribution is -0.120. The zero-order valence-corrected chi connectivity index (χ0v) is 15.6. The Morgan fingerprint density at radius 3 is 2.86 bits per heavy atom. The van der Waals surface area contributed by atoms with Gasteiger partial charge in [0.1, 0.15) is 0 Å². The van der Waals surface area contributed by atoms with Gasteiger partial charge in [-0.3, -0.25) is 9.52 Å². The molecule has 0 spiro atoms. The minimum absolute atomic E-state index is 0.0427. The van der Waals surface area contributed by atoms with Gasteiger partial charge in [-0.1, -0.05) is 12.0 Å². The summed E-state index contributed by atoms with van der Waals surface area (Å²) in [6, 6.07) is 8.99. The molecule has 0 unspecified atom stereocenters. The summed E-state index contributed by atoms with van der Waals surface area (Å²) in [7, 11) is -5.10. The maximum Gasteiger partial charge on any atom is 0.491 e. The summed E-state index contributed by atoms with van der Waals surface area (Å²) in [6.07, 6.45) is 4.92. The molecule has 5 N–H and O–H groups in total. The molecule has 0 aliphatic carbocycles. The maximum atomic E-state index is 12.9. The average molecular weight is 399 g/mol. The number of carbonyl (C=O) groups excluding carboxylic acids is 1. The second-order valence-electron chi connectivity index (χ2n) is 6.21. The number of benzene rings is 2. The second-order valence-corrected chi connectivity index (χ2v) is 7.86. The van der Waals surface area contributed by atoms with E-state index in [0.29, 0.717) is 11.2 Å². The van der Waals surface area contributed by atoms with Gasteiger partial charge >= 0.3 is 7.12 Å². The third-order valence-electron chi connectivity index (χ3n) is 4.17. The first kappa shape index (κ1) is 19.8. The highest BCUT2D eigenvalue weighted by Gasteiger charge is 2.28. The Morgan fingerprint density at radius 2 is 2.11 bits per heavy atom. The first-order valence-corrected chi connectivity index (χ1v) is 9.82. The summed E-state index contributed by atoms with van der Waals surface area (Å²) in [5, 5.41) is 12.3. The topological polar surface area (TPSA) is 131 Å². The first-order valence-electron chi connectivity index (χ1n) is 8.34. The molecule has 0 radical (unpaired) electrons. The molecule has 0 atom stereocenters. The summed E-state index contributed by atoms with van der Waals surface area (Å²) in [5.74, 6) is 1.86. The highest BCUT2D eigenvalue weighted by atomic mass is 32.2. The lowest BCUT2D eigenvalue weighted by atomic mass is 9.79. The van der Waals surface area contributed by atoms with E-state index < -0.39 is 23.0 Å². The number of nitrogens with one attached hydrogen (secondary N) is 2. The Labute approximate surface area is 163 Å². The number of sulfonamides is 1. The van der Waals surface area contributed by atoms with Gasteiger partial charge in [0, 0.05) is 11.4 Å². The fraction of sp³-hybridized carbons (Fsp3) is 0.167. The summed E-state index contributed by atoms with van der Waals surface area (Å²) in [5.41, 5.74) is 7.89. The number of nitrogens with two attached hydrogens (primary N) is 1. The predicted molar refractivity (Wildman–Crippen MR) is 106 cm³/mol. The highest BCUT2D eigenvalue weighted by Crippen LogP contribution is 2.23. The number of anilines is 2. The number of fused-ring (bicyclic) bond motifs is 1. The van der Waals surface area contributed by atoms with Crippen molar-refractivity contribution >= 4 is 39.9 Å². The van der Waals surface area contributed by atoms with Crippen molar-refractivity contribution in [2.45, 2.75) is 17.9 Å². The van der Waals surface area contributed by atoms with E-state index in [2.05, 4.69) is 16.0 Å². The second kappa shape index (κ2) is 7.94. The van der Waals surface area contributed by atoms with Crippen LogP contribution in [-0.2, 0) is 32.5 Å². The van der Waals surface area contributed by atoms with Crippen LogP contribution in [0.15, 0.2) is 41.3 Å². The molecule has 2 aromatic carbocycles. The molecule has 3 rings (SSSR count). The number of nitrogen functional groups attached to an aromatic ring is 1. The van der Waals surface area contributed by atoms with Gasteiger partial charge in [0.05, 0.1) is 24.5 Å². The number of rotatable bonds is 6. The van der Waals surface area contributed by atoms with Gasteiger partial charge in [0.25, 0.3) is 10.0 Å². The minimum atomic E-state index is -4.01. The van der Waals surface area contributed by atoms with Crippen LogP contribution in [0, 0.1) is 12.3 Å². The lowest BCUT2D eigenvalue weighted by Gasteiger charge is -2.14. The molecule has 144 valence electrons. The van der Waals surface area contributed by atoms with Crippen molar-refractivity contribution in [2.75, 3.05) is 17.0 Å². The van der Waals surface area contributed by atoms with E-state index in [1.165, 1.54) is 24.3 Å². The lowest BCUT2D eigenvalue weighted by Crippen LogP contribution is -2.29. The standard InChI is InChI=1S/C18H18BN3O5S/c1-2-7-21-18(23)9-13-8-14(20)4-6-17(13)28(25,26)22-15-5-3-12-11-27-19(24)16(12)10-15/h1,3-6,8,10,22,24H,7,9,11,20H2,(H,21,23). The number of hydrogen-bond donors (Lipinski definition) is 4. The minimum Gasteiger partial charge on any atom is -0.423 e. The highest BCUT2D eigenvalue weighted by molar-refractivity contribution is 7.92. The van der Waals surface area contributed by atoms with E-state index in [1.54, 1.807) is 12.1 Å². The Balaban J connectivity index is 1.89. The molecule has 0 fully saturated rings. The van der Waals surface area contributed by atoms with Gasteiger partial charge in [0.15, 0.2) is 0 Å². The molecule has 0 aromatic heterocycles. The molecule has 8 nitrogen and oxygen atoms in total. The smallest absolute Gasteiger partial charge is 0.423 e. The molecule has 0 bridgehead atoms. The summed E-state index contributed by atoms with van der Waals surface area (Å²) in [4.78, 5) is 11.9. The largest absolute Gasteiger partial charge is 0.491 e. The van der Waals surface area contributed by atoms with E-state index in [9.17, 15) is 18.2 Å². The van der Waals surface area contributed by atoms with Gasteiger partial charge < -0.3 is 20.7 Å². The first-order chi connectivity index (χ1) is 13.3. The Morgan fingerprint density at radius 1 is 1.32 bits per heavy atom. The van der Waals surface area contributed by atoms with E-state index in [0.717, 1.165) is 5.56 Å². The normalized spacial score (nSPS) is 12.9. The van der Waals surface area contributed by atoms with Crippen LogP contribution in [0.25, 0.3) is 0 Å². The van der Waals surface area contributed by atoms with Crippen molar-refractivity contribution in [3.05, 3.63) is 47.5 Å². The molecule has 1 heterocycles. The predicted octanol–water partition coefficient (Wildman–Crippen LogP) is -0.421. The SMILES string of the molecule is C#CCNC(=O)Cc1cc(N)ccc1S(=O)(=O)Nc1ccc2c(c1)B(O)OC2. The van der Waals surface area contributed by atoms with Crippen LogP contribution in [-0.4, -0.2) is 33.0 Å². The Bertz CT molecular complexity index is 1070. The van der Waals surface area contributed by atoms with Crippen LogP contribution in [0.1, 0.15) is 11.1 Å². The molecule has 1 aliphatic rings. The summed E-state index contributed by atoms with van der Waals surface area (Å²) < 4.78 is 33.4. The molecule has 1 aliphatic heterocycles. The quantitative estimate of drug-likeness (QED) is 0.297. The Kier molecular flexibility index (Phi) is 5.60. The summed E-state index contributed by atoms with van der Waals surface area (Å²) >= 11 is 0. The van der Waals surface area contributed by atoms with Crippen molar-refractivity contribution in [3.63, 3.8) is 0 Å². The Hall–Kier alpha value is -3.00. The fourth-order valence-corrected chi connectivity index (χ4v) is 4.14. The molecule has 10 heteroatoms. The third kappa shape index (κ3) is 4.28. The van der Waals surface area contributed by atoms with Crippen molar-refractivity contribution in [2.24, 2.45) is 0 Å². The van der Waals surface area contributed by atoms with Crippen LogP contribution in [0.3, 0.4) is 0 Å². The fourth-order valence-electron chi connectivity index (χ4n) is 2.87. The van der Waals surface area contributed by atoms with Gasteiger partial charge in [-0.05, 0) is 46.9 Å². The zero-order valence-electron chi connectivity index (χ0n) is 14.8. The molecule has 0 saturated carbocycles. The molecule has 28 heavy (non-hydrogen) atoms. The maximum absolute atomic E-state index is 12.9. The number of amides is 1. The molecule has 0 saturated heterocycles. The number of terminal acetylenes is 1. The monoisotopic (exact) mass is 399 g/mol. The van der Waals surface area contributed by atoms with Crippen molar-refractivity contribution in [1.82, 2.24) is 5.32 Å². The van der Waals surface area contributed by atoms with E-state index in [1.807, 2.05) is 0 Å². The van der Waals surface area contributed by atoms with Crippen LogP contribution in [0.5, 0.6) is 0 Å². The van der Waals surface area contributed by atoms with Crippen molar-refractivity contribution < 1.29 is 22.9 Å². The average Bonchev–Trinajstić information content (AvgIpc) is 3.00. The van der Waals surface area contributed by atoms with Crippen LogP contribution in [0.2, 0.25) is 0 Å². The molecule has 2 aromatic rings. The van der Waals surface area contributed by atoms with Crippen LogP contribution >= 0.6 is 0 Å². The van der Waals surface area contributed by atoms with E-state index >= 15 is 0 Å². The van der Waals surface area contributed by atoms with Gasteiger partial charge in [-0.2, -0.15) is 0 Å². The van der Waals surface area contributed by atoms with E-state index in [-0.39, 0.29) is 35.7 Å². The third-order valence-corrected chi connectivity index (χ3v) is 5.66. The van der Waals surface area contributed by atoms with Crippen LogP contribution in [0.4, 0.5) is 11.4 Å². The van der Waals surface area contributed by atoms with Gasteiger partial charge in [0.2, 0.25) is 5.91 Å². The van der Waals surface area contributed by atoms with Gasteiger partial charge in [-0.25, -0.2) is 8.42 Å². The van der Waals surface area contributed by atoms with E-state index in [4.69, 9.17) is 16.8 Å². The zero-order chi connectivity index (χ0) is 20.3. The van der Waals surface area contributed by atoms with Crippen molar-refractivity contribution in [3.8, 4) is 12.3 Å². The van der Waals surface area contributed by atoms with Crippen molar-refractivity contribution in [1.29, 1.82) is 0 Å². The number of carbonyl (C=O) groups is 1. The summed E-state index contributed by atoms with van der Waals surface area (Å²) in [6.45, 7) is 0.305.